The first-order valence-corrected chi connectivity index (χ1v) is 10.2. The number of aromatic nitrogens is 3. The summed E-state index contributed by atoms with van der Waals surface area (Å²) >= 11 is 6.39. The van der Waals surface area contributed by atoms with E-state index in [1.165, 1.54) is 5.01 Å². The molecule has 0 atom stereocenters. The predicted octanol–water partition coefficient (Wildman–Crippen LogP) is 3.95. The van der Waals surface area contributed by atoms with E-state index in [9.17, 15) is 4.39 Å². The zero-order chi connectivity index (χ0) is 21.8. The van der Waals surface area contributed by atoms with Crippen molar-refractivity contribution in [1.82, 2.24) is 15.0 Å². The molecule has 0 amide bonds. The van der Waals surface area contributed by atoms with Crippen LogP contribution in [0, 0.1) is 12.7 Å². The van der Waals surface area contributed by atoms with Crippen LogP contribution in [0.1, 0.15) is 11.3 Å². The standard InChI is InChI=1S/C22H22ClFN6O/c1-15-4-3-5-18(23)20(15)16-6-7-25-17(12-16)13-27-29(2)22-26-14-19(24)21(28-22)30-8-10-31-11-9-30/h3-7,12-14H,8-11H2,1-2H3/b27-13-. The normalized spacial score (nSPS) is 14.3. The second kappa shape index (κ2) is 9.36. The van der Waals surface area contributed by atoms with Crippen LogP contribution in [-0.2, 0) is 4.74 Å². The number of halogens is 2. The van der Waals surface area contributed by atoms with Crippen LogP contribution >= 0.6 is 11.6 Å². The number of benzene rings is 1. The maximum atomic E-state index is 14.3. The largest absolute Gasteiger partial charge is 0.378 e. The maximum absolute atomic E-state index is 14.3. The molecule has 0 bridgehead atoms. The number of anilines is 2. The summed E-state index contributed by atoms with van der Waals surface area (Å²) in [5, 5.41) is 6.55. The summed E-state index contributed by atoms with van der Waals surface area (Å²) < 4.78 is 19.6. The number of ether oxygens (including phenoxy) is 1. The lowest BCUT2D eigenvalue weighted by molar-refractivity contribution is 0.122. The molecule has 3 heterocycles. The molecule has 0 radical (unpaired) electrons. The van der Waals surface area contributed by atoms with Crippen LogP contribution in [0.3, 0.4) is 0 Å². The lowest BCUT2D eigenvalue weighted by Crippen LogP contribution is -2.37. The van der Waals surface area contributed by atoms with E-state index in [1.807, 2.05) is 42.2 Å². The van der Waals surface area contributed by atoms with Gasteiger partial charge in [-0.1, -0.05) is 23.7 Å². The third-order valence-corrected chi connectivity index (χ3v) is 5.28. The van der Waals surface area contributed by atoms with Gasteiger partial charge in [0, 0.05) is 36.9 Å². The Morgan fingerprint density at radius 1 is 1.23 bits per heavy atom. The second-order valence-electron chi connectivity index (χ2n) is 7.11. The van der Waals surface area contributed by atoms with Crippen LogP contribution in [0.4, 0.5) is 16.2 Å². The van der Waals surface area contributed by atoms with E-state index in [0.717, 1.165) is 22.9 Å². The van der Waals surface area contributed by atoms with Gasteiger partial charge in [-0.05, 0) is 36.2 Å². The molecule has 2 aromatic heterocycles. The van der Waals surface area contributed by atoms with Gasteiger partial charge in [-0.15, -0.1) is 0 Å². The molecule has 0 N–H and O–H groups in total. The average molecular weight is 441 g/mol. The predicted molar refractivity (Wildman–Crippen MR) is 120 cm³/mol. The highest BCUT2D eigenvalue weighted by atomic mass is 35.5. The fourth-order valence-electron chi connectivity index (χ4n) is 3.37. The zero-order valence-electron chi connectivity index (χ0n) is 17.3. The molecule has 0 spiro atoms. The first-order valence-electron chi connectivity index (χ1n) is 9.87. The van der Waals surface area contributed by atoms with Crippen molar-refractivity contribution in [3.63, 3.8) is 0 Å². The summed E-state index contributed by atoms with van der Waals surface area (Å²) in [5.74, 6) is 0.0782. The molecule has 1 fully saturated rings. The van der Waals surface area contributed by atoms with Gasteiger partial charge in [-0.3, -0.25) is 4.98 Å². The smallest absolute Gasteiger partial charge is 0.248 e. The van der Waals surface area contributed by atoms with E-state index < -0.39 is 5.82 Å². The van der Waals surface area contributed by atoms with Gasteiger partial charge in [-0.25, -0.2) is 14.4 Å². The Morgan fingerprint density at radius 3 is 2.81 bits per heavy atom. The average Bonchev–Trinajstić information content (AvgIpc) is 2.78. The number of pyridine rings is 1. The zero-order valence-corrected chi connectivity index (χ0v) is 18.1. The Bertz CT molecular complexity index is 1080. The van der Waals surface area contributed by atoms with Crippen molar-refractivity contribution in [1.29, 1.82) is 0 Å². The van der Waals surface area contributed by atoms with Crippen LogP contribution in [0.25, 0.3) is 11.1 Å². The van der Waals surface area contributed by atoms with Crippen molar-refractivity contribution in [3.8, 4) is 11.1 Å². The molecular formula is C22H22ClFN6O. The maximum Gasteiger partial charge on any atom is 0.248 e. The summed E-state index contributed by atoms with van der Waals surface area (Å²) in [6.07, 6.45) is 4.49. The summed E-state index contributed by atoms with van der Waals surface area (Å²) in [6, 6.07) is 9.63. The Balaban J connectivity index is 1.55. The highest BCUT2D eigenvalue weighted by Gasteiger charge is 2.18. The number of nitrogens with zero attached hydrogens (tertiary/aromatic N) is 6. The molecule has 3 aromatic rings. The van der Waals surface area contributed by atoms with E-state index in [0.29, 0.717) is 37.0 Å². The monoisotopic (exact) mass is 440 g/mol. The molecule has 1 aliphatic heterocycles. The third kappa shape index (κ3) is 4.81. The molecule has 31 heavy (non-hydrogen) atoms. The summed E-state index contributed by atoms with van der Waals surface area (Å²) in [4.78, 5) is 14.6. The lowest BCUT2D eigenvalue weighted by atomic mass is 10.0. The Labute approximate surface area is 185 Å². The third-order valence-electron chi connectivity index (χ3n) is 4.97. The van der Waals surface area contributed by atoms with Crippen molar-refractivity contribution >= 4 is 29.6 Å². The Hall–Kier alpha value is -3.10. The molecule has 0 unspecified atom stereocenters. The fraction of sp³-hybridized carbons (Fsp3) is 0.273. The van der Waals surface area contributed by atoms with Crippen molar-refractivity contribution in [3.05, 3.63) is 64.8 Å². The highest BCUT2D eigenvalue weighted by molar-refractivity contribution is 6.33. The number of hydrogen-bond donors (Lipinski definition) is 0. The number of rotatable bonds is 5. The van der Waals surface area contributed by atoms with Gasteiger partial charge in [0.1, 0.15) is 0 Å². The van der Waals surface area contributed by atoms with Crippen molar-refractivity contribution < 1.29 is 9.13 Å². The highest BCUT2D eigenvalue weighted by Crippen LogP contribution is 2.30. The van der Waals surface area contributed by atoms with Crippen molar-refractivity contribution in [2.45, 2.75) is 6.92 Å². The molecule has 1 saturated heterocycles. The van der Waals surface area contributed by atoms with Crippen molar-refractivity contribution in [2.75, 3.05) is 43.3 Å². The van der Waals surface area contributed by atoms with Crippen LogP contribution in [-0.4, -0.2) is 54.5 Å². The van der Waals surface area contributed by atoms with Crippen LogP contribution < -0.4 is 9.91 Å². The fourth-order valence-corrected chi connectivity index (χ4v) is 3.70. The molecule has 4 rings (SSSR count). The topological polar surface area (TPSA) is 66.7 Å². The SMILES string of the molecule is Cc1cccc(Cl)c1-c1ccnc(/C=N\N(C)c2ncc(F)c(N3CCOCC3)n2)c1. The van der Waals surface area contributed by atoms with Gasteiger partial charge in [0.25, 0.3) is 0 Å². The van der Waals surface area contributed by atoms with Crippen LogP contribution in [0.2, 0.25) is 5.02 Å². The van der Waals surface area contributed by atoms with E-state index in [1.54, 1.807) is 19.5 Å². The van der Waals surface area contributed by atoms with E-state index in [-0.39, 0.29) is 11.8 Å². The van der Waals surface area contributed by atoms with Gasteiger partial charge < -0.3 is 9.64 Å². The molecule has 9 heteroatoms. The number of hydrogen-bond acceptors (Lipinski definition) is 7. The van der Waals surface area contributed by atoms with E-state index in [2.05, 4.69) is 20.1 Å². The second-order valence-corrected chi connectivity index (χ2v) is 7.52. The van der Waals surface area contributed by atoms with Gasteiger partial charge in [0.2, 0.25) is 5.95 Å². The lowest BCUT2D eigenvalue weighted by Gasteiger charge is -2.28. The Kier molecular flexibility index (Phi) is 6.39. The first kappa shape index (κ1) is 21.1. The minimum atomic E-state index is -0.465. The minimum Gasteiger partial charge on any atom is -0.378 e. The summed E-state index contributed by atoms with van der Waals surface area (Å²) in [6.45, 7) is 4.26. The van der Waals surface area contributed by atoms with Crippen LogP contribution in [0.15, 0.2) is 47.8 Å². The molecule has 1 aromatic carbocycles. The molecular weight excluding hydrogens is 419 g/mol. The minimum absolute atomic E-state index is 0.254. The number of morpholine rings is 1. The van der Waals surface area contributed by atoms with Gasteiger partial charge in [0.15, 0.2) is 11.6 Å². The van der Waals surface area contributed by atoms with Gasteiger partial charge >= 0.3 is 0 Å². The number of aryl methyl sites for hydroxylation is 1. The number of hydrazone groups is 1. The van der Waals surface area contributed by atoms with Crippen LogP contribution in [0.5, 0.6) is 0 Å². The summed E-state index contributed by atoms with van der Waals surface area (Å²) in [5.41, 5.74) is 3.65. The van der Waals surface area contributed by atoms with E-state index in [4.69, 9.17) is 16.3 Å². The molecule has 0 saturated carbocycles. The van der Waals surface area contributed by atoms with Gasteiger partial charge in [-0.2, -0.15) is 10.1 Å². The van der Waals surface area contributed by atoms with Crippen molar-refractivity contribution in [2.24, 2.45) is 5.10 Å². The summed E-state index contributed by atoms with van der Waals surface area (Å²) in [7, 11) is 1.70. The quantitative estimate of drug-likeness (QED) is 0.442. The molecule has 0 aliphatic carbocycles. The Morgan fingerprint density at radius 2 is 2.03 bits per heavy atom. The van der Waals surface area contributed by atoms with E-state index >= 15 is 0 Å². The first-order chi connectivity index (χ1) is 15.0. The molecule has 7 nitrogen and oxygen atoms in total. The molecule has 160 valence electrons. The molecule has 1 aliphatic rings. The van der Waals surface area contributed by atoms with Gasteiger partial charge in [0.05, 0.1) is 31.3 Å².